The summed E-state index contributed by atoms with van der Waals surface area (Å²) in [4.78, 5) is 45.6. The third-order valence-corrected chi connectivity index (χ3v) is 10.3. The third-order valence-electron chi connectivity index (χ3n) is 7.58. The van der Waals surface area contributed by atoms with E-state index in [0.717, 1.165) is 41.1 Å². The summed E-state index contributed by atoms with van der Waals surface area (Å²) < 4.78 is 34.5. The Bertz CT molecular complexity index is 1320. The molecule has 13 heteroatoms. The molecule has 2 aromatic rings. The maximum atomic E-state index is 13.6. The van der Waals surface area contributed by atoms with Gasteiger partial charge in [0.25, 0.3) is 5.91 Å². The van der Waals surface area contributed by atoms with Crippen LogP contribution < -0.4 is 24.9 Å². The third kappa shape index (κ3) is 7.63. The SMILES string of the molecule is CCOc1ccsc1C(=O)N[C@@H](CC1CCCCC1)C(=O)NC1CCCN(S(=O)(=O)c2cccc[n+]2OC)CC1=O. The van der Waals surface area contributed by atoms with Crippen LogP contribution in [0.25, 0.3) is 0 Å². The number of thiophene rings is 1. The first-order chi connectivity index (χ1) is 19.7. The van der Waals surface area contributed by atoms with Crippen molar-refractivity contribution < 1.29 is 37.1 Å². The maximum Gasteiger partial charge on any atom is 0.362 e. The lowest BCUT2D eigenvalue weighted by Gasteiger charge is -2.28. The number of amides is 2. The predicted octanol–water partition coefficient (Wildman–Crippen LogP) is 2.10. The predicted molar refractivity (Wildman–Crippen MR) is 152 cm³/mol. The minimum absolute atomic E-state index is 0.0898. The van der Waals surface area contributed by atoms with Gasteiger partial charge in [-0.05, 0) is 49.6 Å². The molecule has 1 saturated heterocycles. The van der Waals surface area contributed by atoms with E-state index in [-0.39, 0.29) is 18.1 Å². The number of carbonyl (C=O) groups excluding carboxylic acids is 3. The monoisotopic (exact) mass is 607 g/mol. The fraction of sp³-hybridized carbons (Fsp3) is 0.571. The molecule has 1 aliphatic heterocycles. The molecule has 0 aromatic carbocycles. The molecule has 2 amide bonds. The number of Topliss-reactive ketones (excluding diaryl/α,β-unsaturated/α-hetero) is 1. The fourth-order valence-corrected chi connectivity index (χ4v) is 7.75. The Morgan fingerprint density at radius 1 is 1.15 bits per heavy atom. The quantitative estimate of drug-likeness (QED) is 0.374. The number of ether oxygens (including phenoxy) is 1. The highest BCUT2D eigenvalue weighted by Gasteiger charge is 2.39. The molecule has 3 heterocycles. The van der Waals surface area contributed by atoms with Crippen molar-refractivity contribution in [2.24, 2.45) is 5.92 Å². The molecular weight excluding hydrogens is 568 g/mol. The zero-order valence-electron chi connectivity index (χ0n) is 23.5. The largest absolute Gasteiger partial charge is 0.492 e. The molecule has 0 spiro atoms. The van der Waals surface area contributed by atoms with Crippen molar-refractivity contribution in [3.8, 4) is 5.75 Å². The zero-order chi connectivity index (χ0) is 29.4. The molecule has 2 atom stereocenters. The summed E-state index contributed by atoms with van der Waals surface area (Å²) in [6, 6.07) is 4.67. The van der Waals surface area contributed by atoms with Gasteiger partial charge in [0.1, 0.15) is 23.8 Å². The first-order valence-corrected chi connectivity index (χ1v) is 16.5. The molecule has 11 nitrogen and oxygen atoms in total. The standard InChI is InChI=1S/C28H38N4O7S2/c1-3-39-24-14-17-40-26(24)28(35)30-22(18-20-10-5-4-6-11-20)27(34)29-21-12-9-15-31(19-23(21)33)41(36,37)25-13-7-8-16-32(25)38-2/h7-8,13-14,16-17,20-22H,3-6,9-12,15,18-19H2,1-2H3,(H-,29,30,34,35)/p+1/t21?,22-/m0/s1. The van der Waals surface area contributed by atoms with Crippen molar-refractivity contribution in [3.63, 3.8) is 0 Å². The Balaban J connectivity index is 1.47. The Labute approximate surface area is 245 Å². The lowest BCUT2D eigenvalue weighted by molar-refractivity contribution is -0.914. The van der Waals surface area contributed by atoms with E-state index in [1.54, 1.807) is 23.6 Å². The van der Waals surface area contributed by atoms with Crippen molar-refractivity contribution in [2.75, 3.05) is 26.8 Å². The highest BCUT2D eigenvalue weighted by molar-refractivity contribution is 7.89. The van der Waals surface area contributed by atoms with Crippen LogP contribution in [-0.4, -0.2) is 69.2 Å². The molecule has 2 aliphatic rings. The van der Waals surface area contributed by atoms with E-state index in [1.165, 1.54) is 30.7 Å². The van der Waals surface area contributed by atoms with Gasteiger partial charge >= 0.3 is 15.0 Å². The molecule has 2 fully saturated rings. The van der Waals surface area contributed by atoms with Crippen LogP contribution in [0.2, 0.25) is 0 Å². The normalized spacial score (nSPS) is 19.7. The van der Waals surface area contributed by atoms with Gasteiger partial charge in [-0.3, -0.25) is 19.2 Å². The van der Waals surface area contributed by atoms with Crippen LogP contribution >= 0.6 is 11.3 Å². The molecule has 0 bridgehead atoms. The van der Waals surface area contributed by atoms with E-state index in [2.05, 4.69) is 10.6 Å². The van der Waals surface area contributed by atoms with Gasteiger partial charge in [0.05, 0.1) is 19.2 Å². The fourth-order valence-electron chi connectivity index (χ4n) is 5.47. The minimum atomic E-state index is -4.03. The van der Waals surface area contributed by atoms with E-state index in [0.29, 0.717) is 42.4 Å². The summed E-state index contributed by atoms with van der Waals surface area (Å²) in [5.74, 6) is -0.468. The van der Waals surface area contributed by atoms with Gasteiger partial charge in [0.15, 0.2) is 5.78 Å². The number of nitrogens with one attached hydrogen (secondary N) is 2. The molecule has 0 radical (unpaired) electrons. The Morgan fingerprint density at radius 3 is 2.66 bits per heavy atom. The van der Waals surface area contributed by atoms with Gasteiger partial charge in [-0.15, -0.1) is 11.3 Å². The number of carbonyl (C=O) groups is 3. The van der Waals surface area contributed by atoms with Gasteiger partial charge in [0.2, 0.25) is 12.1 Å². The van der Waals surface area contributed by atoms with E-state index in [9.17, 15) is 22.8 Å². The topological polar surface area (TPSA) is 135 Å². The maximum absolute atomic E-state index is 13.6. The van der Waals surface area contributed by atoms with Crippen LogP contribution in [0, 0.1) is 5.92 Å². The van der Waals surface area contributed by atoms with Crippen LogP contribution in [0.3, 0.4) is 0 Å². The Hall–Kier alpha value is -3.03. The van der Waals surface area contributed by atoms with Crippen molar-refractivity contribution in [1.82, 2.24) is 14.9 Å². The molecule has 41 heavy (non-hydrogen) atoms. The van der Waals surface area contributed by atoms with Crippen LogP contribution in [0.15, 0.2) is 40.9 Å². The summed E-state index contributed by atoms with van der Waals surface area (Å²) in [6.45, 7) is 2.00. The van der Waals surface area contributed by atoms with Crippen LogP contribution in [0.4, 0.5) is 0 Å². The highest BCUT2D eigenvalue weighted by Crippen LogP contribution is 2.29. The van der Waals surface area contributed by atoms with Crippen molar-refractivity contribution in [3.05, 3.63) is 40.7 Å². The molecule has 1 unspecified atom stereocenters. The second kappa shape index (κ2) is 14.2. The number of rotatable bonds is 11. The number of hydrogen-bond donors (Lipinski definition) is 2. The number of pyridine rings is 1. The van der Waals surface area contributed by atoms with E-state index >= 15 is 0 Å². The lowest BCUT2D eigenvalue weighted by Crippen LogP contribution is -2.53. The van der Waals surface area contributed by atoms with Gasteiger partial charge in [-0.25, -0.2) is 8.42 Å². The molecule has 224 valence electrons. The van der Waals surface area contributed by atoms with Crippen molar-refractivity contribution >= 4 is 39.0 Å². The van der Waals surface area contributed by atoms with E-state index in [4.69, 9.17) is 9.57 Å². The first kappa shape index (κ1) is 30.9. The van der Waals surface area contributed by atoms with Gasteiger partial charge in [0, 0.05) is 23.4 Å². The number of sulfonamides is 1. The molecule has 2 aromatic heterocycles. The second-order valence-electron chi connectivity index (χ2n) is 10.4. The molecule has 4 rings (SSSR count). The van der Waals surface area contributed by atoms with Crippen LogP contribution in [0.5, 0.6) is 5.75 Å². The van der Waals surface area contributed by atoms with Crippen molar-refractivity contribution in [2.45, 2.75) is 75.4 Å². The average Bonchev–Trinajstić information content (AvgIpc) is 3.36. The number of hydrogen-bond acceptors (Lipinski definition) is 8. The lowest BCUT2D eigenvalue weighted by atomic mass is 9.84. The minimum Gasteiger partial charge on any atom is -0.492 e. The Morgan fingerprint density at radius 2 is 1.93 bits per heavy atom. The summed E-state index contributed by atoms with van der Waals surface area (Å²) >= 11 is 1.24. The highest BCUT2D eigenvalue weighted by atomic mass is 32.2. The van der Waals surface area contributed by atoms with E-state index in [1.807, 2.05) is 6.92 Å². The molecular formula is C28H39N4O7S2+. The molecule has 2 N–H and O–H groups in total. The molecule has 1 saturated carbocycles. The first-order valence-electron chi connectivity index (χ1n) is 14.1. The van der Waals surface area contributed by atoms with E-state index < -0.39 is 39.7 Å². The Kier molecular flexibility index (Phi) is 10.7. The average molecular weight is 608 g/mol. The van der Waals surface area contributed by atoms with Crippen LogP contribution in [0.1, 0.15) is 68.0 Å². The summed E-state index contributed by atoms with van der Waals surface area (Å²) in [5.41, 5.74) is 0. The van der Waals surface area contributed by atoms with Crippen molar-refractivity contribution in [1.29, 1.82) is 0 Å². The summed E-state index contributed by atoms with van der Waals surface area (Å²) in [5, 5.41) is 7.42. The second-order valence-corrected chi connectivity index (χ2v) is 13.2. The van der Waals surface area contributed by atoms with Gasteiger partial charge in [-0.2, -0.15) is 4.31 Å². The zero-order valence-corrected chi connectivity index (χ0v) is 25.2. The molecule has 1 aliphatic carbocycles. The summed E-state index contributed by atoms with van der Waals surface area (Å²) in [7, 11) is -2.67. The van der Waals surface area contributed by atoms with Gasteiger partial charge in [-0.1, -0.05) is 32.1 Å². The smallest absolute Gasteiger partial charge is 0.362 e. The number of nitrogens with zero attached hydrogens (tertiary/aromatic N) is 2. The number of aromatic nitrogens is 1. The summed E-state index contributed by atoms with van der Waals surface area (Å²) in [6.07, 6.45) is 7.92. The van der Waals surface area contributed by atoms with Gasteiger partial charge < -0.3 is 15.4 Å². The van der Waals surface area contributed by atoms with Crippen LogP contribution in [-0.2, 0) is 19.6 Å². The number of ketones is 1.